The summed E-state index contributed by atoms with van der Waals surface area (Å²) in [6.07, 6.45) is 0. The van der Waals surface area contributed by atoms with Gasteiger partial charge in [0.1, 0.15) is 11.6 Å². The van der Waals surface area contributed by atoms with Crippen molar-refractivity contribution in [3.63, 3.8) is 0 Å². The van der Waals surface area contributed by atoms with Crippen LogP contribution in [0.5, 0.6) is 5.75 Å². The largest absolute Gasteiger partial charge is 0.496 e. The number of nitrogens with zero attached hydrogens (tertiary/aromatic N) is 1. The second-order valence-electron chi connectivity index (χ2n) is 7.51. The minimum absolute atomic E-state index is 0.0198. The van der Waals surface area contributed by atoms with Crippen LogP contribution in [-0.4, -0.2) is 45.1 Å². The molecule has 26 heavy (non-hydrogen) atoms. The van der Waals surface area contributed by atoms with Gasteiger partial charge in [-0.15, -0.1) is 0 Å². The number of carbonyl (C=O) groups excluding carboxylic acids is 1. The first-order chi connectivity index (χ1) is 12.2. The number of carbonyl (C=O) groups is 1. The molecule has 0 aliphatic rings. The van der Waals surface area contributed by atoms with Crippen LogP contribution in [0.25, 0.3) is 11.1 Å². The van der Waals surface area contributed by atoms with Crippen LogP contribution >= 0.6 is 0 Å². The van der Waals surface area contributed by atoms with Gasteiger partial charge in [0.15, 0.2) is 0 Å². The van der Waals surface area contributed by atoms with Crippen molar-refractivity contribution >= 4 is 5.91 Å². The number of methoxy groups -OCH3 is 1. The van der Waals surface area contributed by atoms with Crippen molar-refractivity contribution in [3.8, 4) is 16.9 Å². The van der Waals surface area contributed by atoms with Gasteiger partial charge in [0, 0.05) is 24.2 Å². The number of hydrogen-bond donors (Lipinski definition) is 1. The standard InChI is InChI=1S/C21H27FN2O2/c1-21(2,14-24(3)4)13-23-20(25)16-8-6-15(7-9-16)18-12-17(22)10-11-19(18)26-5/h6-12H,13-14H2,1-5H3,(H,23,25). The second-order valence-corrected chi connectivity index (χ2v) is 7.51. The number of nitrogens with one attached hydrogen (secondary N) is 1. The first-order valence-corrected chi connectivity index (χ1v) is 8.59. The smallest absolute Gasteiger partial charge is 0.251 e. The molecule has 0 aliphatic carbocycles. The number of hydrogen-bond acceptors (Lipinski definition) is 3. The molecule has 0 spiro atoms. The van der Waals surface area contributed by atoms with E-state index in [1.54, 1.807) is 37.4 Å². The SMILES string of the molecule is COc1ccc(F)cc1-c1ccc(C(=O)NCC(C)(C)CN(C)C)cc1. The molecule has 1 N–H and O–H groups in total. The Morgan fingerprint density at radius 1 is 1.15 bits per heavy atom. The Bertz CT molecular complexity index is 755. The Morgan fingerprint density at radius 2 is 1.81 bits per heavy atom. The Morgan fingerprint density at radius 3 is 2.38 bits per heavy atom. The number of amides is 1. The van der Waals surface area contributed by atoms with Gasteiger partial charge in [-0.2, -0.15) is 0 Å². The molecular formula is C21H27FN2O2. The highest BCUT2D eigenvalue weighted by molar-refractivity contribution is 5.94. The number of ether oxygens (including phenoxy) is 1. The maximum absolute atomic E-state index is 13.6. The molecule has 2 aromatic rings. The lowest BCUT2D eigenvalue weighted by atomic mass is 9.93. The number of halogens is 1. The molecule has 2 aromatic carbocycles. The van der Waals surface area contributed by atoms with E-state index >= 15 is 0 Å². The predicted octanol–water partition coefficient (Wildman–Crippen LogP) is 3.82. The molecule has 2 rings (SSSR count). The van der Waals surface area contributed by atoms with Gasteiger partial charge >= 0.3 is 0 Å². The van der Waals surface area contributed by atoms with Crippen molar-refractivity contribution < 1.29 is 13.9 Å². The van der Waals surface area contributed by atoms with Crippen LogP contribution in [0.3, 0.4) is 0 Å². The van der Waals surface area contributed by atoms with Crippen molar-refractivity contribution in [2.24, 2.45) is 5.41 Å². The highest BCUT2D eigenvalue weighted by Gasteiger charge is 2.20. The summed E-state index contributed by atoms with van der Waals surface area (Å²) in [5.41, 5.74) is 2.01. The molecule has 0 atom stereocenters. The third-order valence-corrected chi connectivity index (χ3v) is 4.09. The molecule has 0 radical (unpaired) electrons. The lowest BCUT2D eigenvalue weighted by Gasteiger charge is -2.28. The van der Waals surface area contributed by atoms with Crippen LogP contribution in [0.1, 0.15) is 24.2 Å². The quantitative estimate of drug-likeness (QED) is 0.818. The van der Waals surface area contributed by atoms with E-state index in [0.29, 0.717) is 23.4 Å². The van der Waals surface area contributed by atoms with Crippen molar-refractivity contribution in [3.05, 3.63) is 53.8 Å². The summed E-state index contributed by atoms with van der Waals surface area (Å²) in [5, 5.41) is 2.99. The van der Waals surface area contributed by atoms with Gasteiger partial charge in [0.05, 0.1) is 7.11 Å². The summed E-state index contributed by atoms with van der Waals surface area (Å²) in [6, 6.07) is 11.5. The number of rotatable bonds is 7. The van der Waals surface area contributed by atoms with Gasteiger partial charge < -0.3 is 15.0 Å². The summed E-state index contributed by atoms with van der Waals surface area (Å²) < 4.78 is 18.8. The fourth-order valence-electron chi connectivity index (χ4n) is 3.04. The number of benzene rings is 2. The van der Waals surface area contributed by atoms with Gasteiger partial charge in [-0.1, -0.05) is 26.0 Å². The summed E-state index contributed by atoms with van der Waals surface area (Å²) >= 11 is 0. The Kier molecular flexibility index (Phi) is 6.37. The fourth-order valence-corrected chi connectivity index (χ4v) is 3.04. The highest BCUT2D eigenvalue weighted by Crippen LogP contribution is 2.30. The third-order valence-electron chi connectivity index (χ3n) is 4.09. The monoisotopic (exact) mass is 358 g/mol. The van der Waals surface area contributed by atoms with Crippen molar-refractivity contribution in [1.29, 1.82) is 0 Å². The van der Waals surface area contributed by atoms with Gasteiger partial charge in [0.2, 0.25) is 0 Å². The van der Waals surface area contributed by atoms with E-state index in [9.17, 15) is 9.18 Å². The lowest BCUT2D eigenvalue weighted by molar-refractivity contribution is 0.0929. The van der Waals surface area contributed by atoms with Gasteiger partial charge in [-0.25, -0.2) is 4.39 Å². The topological polar surface area (TPSA) is 41.6 Å². The van der Waals surface area contributed by atoms with Crippen LogP contribution in [-0.2, 0) is 0 Å². The highest BCUT2D eigenvalue weighted by atomic mass is 19.1. The minimum atomic E-state index is -0.328. The van der Waals surface area contributed by atoms with E-state index in [0.717, 1.165) is 12.1 Å². The minimum Gasteiger partial charge on any atom is -0.496 e. The Hall–Kier alpha value is -2.40. The average Bonchev–Trinajstić information content (AvgIpc) is 2.59. The van der Waals surface area contributed by atoms with E-state index in [1.165, 1.54) is 12.1 Å². The van der Waals surface area contributed by atoms with E-state index in [-0.39, 0.29) is 17.1 Å². The first-order valence-electron chi connectivity index (χ1n) is 8.59. The molecular weight excluding hydrogens is 331 g/mol. The zero-order valence-electron chi connectivity index (χ0n) is 16.1. The van der Waals surface area contributed by atoms with E-state index < -0.39 is 0 Å². The Labute approximate surface area is 155 Å². The zero-order chi connectivity index (χ0) is 19.3. The summed E-state index contributed by atoms with van der Waals surface area (Å²) in [4.78, 5) is 14.5. The van der Waals surface area contributed by atoms with Crippen LogP contribution in [0.15, 0.2) is 42.5 Å². The van der Waals surface area contributed by atoms with E-state index in [4.69, 9.17) is 4.74 Å². The van der Waals surface area contributed by atoms with Crippen LogP contribution in [0, 0.1) is 11.2 Å². The molecule has 0 bridgehead atoms. The van der Waals surface area contributed by atoms with Crippen molar-refractivity contribution in [2.75, 3.05) is 34.3 Å². The molecule has 0 aliphatic heterocycles. The Balaban J connectivity index is 2.10. The average molecular weight is 358 g/mol. The van der Waals surface area contributed by atoms with Gasteiger partial charge in [-0.05, 0) is 55.4 Å². The maximum Gasteiger partial charge on any atom is 0.251 e. The molecule has 0 heterocycles. The molecule has 0 fully saturated rings. The molecule has 0 unspecified atom stereocenters. The van der Waals surface area contributed by atoms with E-state index in [2.05, 4.69) is 24.1 Å². The van der Waals surface area contributed by atoms with Crippen molar-refractivity contribution in [1.82, 2.24) is 10.2 Å². The molecule has 5 heteroatoms. The molecule has 0 saturated carbocycles. The van der Waals surface area contributed by atoms with Crippen LogP contribution < -0.4 is 10.1 Å². The molecule has 4 nitrogen and oxygen atoms in total. The van der Waals surface area contributed by atoms with Crippen molar-refractivity contribution in [2.45, 2.75) is 13.8 Å². The lowest BCUT2D eigenvalue weighted by Crippen LogP contribution is -2.39. The molecule has 140 valence electrons. The molecule has 0 aromatic heterocycles. The third kappa shape index (κ3) is 5.30. The zero-order valence-corrected chi connectivity index (χ0v) is 16.1. The normalized spacial score (nSPS) is 11.5. The van der Waals surface area contributed by atoms with Crippen LogP contribution in [0.4, 0.5) is 4.39 Å². The van der Waals surface area contributed by atoms with Gasteiger partial charge in [-0.3, -0.25) is 4.79 Å². The van der Waals surface area contributed by atoms with E-state index in [1.807, 2.05) is 14.1 Å². The summed E-state index contributed by atoms with van der Waals surface area (Å²) in [6.45, 7) is 5.70. The molecule has 0 saturated heterocycles. The van der Waals surface area contributed by atoms with Gasteiger partial charge in [0.25, 0.3) is 5.91 Å². The second kappa shape index (κ2) is 8.32. The fraction of sp³-hybridized carbons (Fsp3) is 0.381. The summed E-state index contributed by atoms with van der Waals surface area (Å²) in [5.74, 6) is 0.148. The predicted molar refractivity (Wildman–Crippen MR) is 103 cm³/mol. The first kappa shape index (κ1) is 19.9. The summed E-state index contributed by atoms with van der Waals surface area (Å²) in [7, 11) is 5.58. The van der Waals surface area contributed by atoms with Crippen LogP contribution in [0.2, 0.25) is 0 Å². The molecule has 1 amide bonds. The maximum atomic E-state index is 13.6.